The third-order valence-electron chi connectivity index (χ3n) is 2.83. The SMILES string of the molecule is CCC(N[C@@H](CC)CO)c1ccc(F)cc1. The van der Waals surface area contributed by atoms with Gasteiger partial charge in [-0.05, 0) is 30.5 Å². The van der Waals surface area contributed by atoms with Crippen molar-refractivity contribution < 1.29 is 9.50 Å². The smallest absolute Gasteiger partial charge is 0.123 e. The Balaban J connectivity index is 2.70. The first kappa shape index (κ1) is 13.1. The average Bonchev–Trinajstić information content (AvgIpc) is 2.32. The fraction of sp³-hybridized carbons (Fsp3) is 0.538. The van der Waals surface area contributed by atoms with Crippen molar-refractivity contribution in [1.82, 2.24) is 5.32 Å². The summed E-state index contributed by atoms with van der Waals surface area (Å²) in [7, 11) is 0. The van der Waals surface area contributed by atoms with Gasteiger partial charge in [-0.2, -0.15) is 0 Å². The number of halogens is 1. The minimum Gasteiger partial charge on any atom is -0.395 e. The molecular weight excluding hydrogens is 205 g/mol. The predicted molar refractivity (Wildman–Crippen MR) is 63.7 cm³/mol. The van der Waals surface area contributed by atoms with Crippen LogP contribution in [0.1, 0.15) is 38.3 Å². The van der Waals surface area contributed by atoms with Crippen LogP contribution in [0, 0.1) is 5.82 Å². The molecule has 0 heterocycles. The largest absolute Gasteiger partial charge is 0.395 e. The minimum absolute atomic E-state index is 0.106. The number of rotatable bonds is 6. The number of nitrogens with one attached hydrogen (secondary N) is 1. The van der Waals surface area contributed by atoms with Crippen molar-refractivity contribution in [2.75, 3.05) is 6.61 Å². The summed E-state index contributed by atoms with van der Waals surface area (Å²) in [4.78, 5) is 0. The zero-order valence-corrected chi connectivity index (χ0v) is 9.91. The van der Waals surface area contributed by atoms with Gasteiger partial charge in [0.1, 0.15) is 5.82 Å². The van der Waals surface area contributed by atoms with Crippen molar-refractivity contribution >= 4 is 0 Å². The van der Waals surface area contributed by atoms with E-state index >= 15 is 0 Å². The molecule has 0 bridgehead atoms. The van der Waals surface area contributed by atoms with Gasteiger partial charge in [-0.25, -0.2) is 4.39 Å². The summed E-state index contributed by atoms with van der Waals surface area (Å²) in [5.41, 5.74) is 1.07. The normalized spacial score (nSPS) is 14.8. The van der Waals surface area contributed by atoms with Gasteiger partial charge in [0.15, 0.2) is 0 Å². The van der Waals surface area contributed by atoms with Gasteiger partial charge >= 0.3 is 0 Å². The monoisotopic (exact) mass is 225 g/mol. The summed E-state index contributed by atoms with van der Waals surface area (Å²) in [6.07, 6.45) is 1.80. The standard InChI is InChI=1S/C13H20FNO/c1-3-12(9-16)15-13(4-2)10-5-7-11(14)8-6-10/h5-8,12-13,15-16H,3-4,9H2,1-2H3/t12-,13?/m0/s1. The van der Waals surface area contributed by atoms with Gasteiger partial charge in [0.05, 0.1) is 6.61 Å². The van der Waals surface area contributed by atoms with E-state index in [0.717, 1.165) is 18.4 Å². The maximum absolute atomic E-state index is 12.8. The Hall–Kier alpha value is -0.930. The van der Waals surface area contributed by atoms with Crippen molar-refractivity contribution in [1.29, 1.82) is 0 Å². The molecule has 0 radical (unpaired) electrons. The molecule has 1 aromatic carbocycles. The van der Waals surface area contributed by atoms with Crippen LogP contribution in [0.15, 0.2) is 24.3 Å². The third kappa shape index (κ3) is 3.58. The molecule has 1 unspecified atom stereocenters. The lowest BCUT2D eigenvalue weighted by Crippen LogP contribution is -2.34. The highest BCUT2D eigenvalue weighted by molar-refractivity contribution is 5.19. The predicted octanol–water partition coefficient (Wildman–Crippen LogP) is 2.64. The van der Waals surface area contributed by atoms with Crippen LogP contribution in [-0.4, -0.2) is 17.8 Å². The van der Waals surface area contributed by atoms with Gasteiger partial charge in [-0.15, -0.1) is 0 Å². The van der Waals surface area contributed by atoms with Crippen LogP contribution < -0.4 is 5.32 Å². The van der Waals surface area contributed by atoms with Crippen molar-refractivity contribution in [2.24, 2.45) is 0 Å². The molecule has 3 heteroatoms. The van der Waals surface area contributed by atoms with Crippen molar-refractivity contribution in [2.45, 2.75) is 38.8 Å². The summed E-state index contributed by atoms with van der Waals surface area (Å²) >= 11 is 0. The van der Waals surface area contributed by atoms with Gasteiger partial charge < -0.3 is 10.4 Å². The molecule has 90 valence electrons. The first-order valence-electron chi connectivity index (χ1n) is 5.83. The van der Waals surface area contributed by atoms with Gasteiger partial charge in [0.2, 0.25) is 0 Å². The first-order valence-corrected chi connectivity index (χ1v) is 5.83. The fourth-order valence-corrected chi connectivity index (χ4v) is 1.73. The summed E-state index contributed by atoms with van der Waals surface area (Å²) in [6.45, 7) is 4.24. The Morgan fingerprint density at radius 2 is 1.81 bits per heavy atom. The van der Waals surface area contributed by atoms with Gasteiger partial charge in [-0.3, -0.25) is 0 Å². The number of benzene rings is 1. The fourth-order valence-electron chi connectivity index (χ4n) is 1.73. The van der Waals surface area contributed by atoms with Crippen molar-refractivity contribution in [3.63, 3.8) is 0 Å². The van der Waals surface area contributed by atoms with Crippen LogP contribution in [0.3, 0.4) is 0 Å². The van der Waals surface area contributed by atoms with Gasteiger partial charge in [0, 0.05) is 12.1 Å². The van der Waals surface area contributed by atoms with E-state index in [1.165, 1.54) is 12.1 Å². The van der Waals surface area contributed by atoms with Crippen molar-refractivity contribution in [3.05, 3.63) is 35.6 Å². The van der Waals surface area contributed by atoms with Crippen molar-refractivity contribution in [3.8, 4) is 0 Å². The maximum Gasteiger partial charge on any atom is 0.123 e. The molecular formula is C13H20FNO. The highest BCUT2D eigenvalue weighted by atomic mass is 19.1. The number of aliphatic hydroxyl groups is 1. The highest BCUT2D eigenvalue weighted by Gasteiger charge is 2.13. The lowest BCUT2D eigenvalue weighted by Gasteiger charge is -2.23. The third-order valence-corrected chi connectivity index (χ3v) is 2.83. The topological polar surface area (TPSA) is 32.3 Å². The number of hydrogen-bond acceptors (Lipinski definition) is 2. The maximum atomic E-state index is 12.8. The Morgan fingerprint density at radius 1 is 1.19 bits per heavy atom. The van der Waals surface area contributed by atoms with E-state index in [2.05, 4.69) is 12.2 Å². The Kier molecular flexibility index (Phi) is 5.43. The molecule has 0 spiro atoms. The Morgan fingerprint density at radius 3 is 2.25 bits per heavy atom. The molecule has 0 aliphatic rings. The van der Waals surface area contributed by atoms with Gasteiger partial charge in [0.25, 0.3) is 0 Å². The second kappa shape index (κ2) is 6.61. The van der Waals surface area contributed by atoms with E-state index in [0.29, 0.717) is 0 Å². The van der Waals surface area contributed by atoms with Crippen LogP contribution in [0.25, 0.3) is 0 Å². The van der Waals surface area contributed by atoms with Crippen LogP contribution in [0.4, 0.5) is 4.39 Å². The highest BCUT2D eigenvalue weighted by Crippen LogP contribution is 2.18. The quantitative estimate of drug-likeness (QED) is 0.780. The molecule has 0 saturated carbocycles. The molecule has 16 heavy (non-hydrogen) atoms. The molecule has 0 aromatic heterocycles. The molecule has 2 atom stereocenters. The molecule has 2 N–H and O–H groups in total. The summed E-state index contributed by atoms with van der Waals surface area (Å²) in [5, 5.41) is 12.5. The second-order valence-electron chi connectivity index (χ2n) is 3.97. The molecule has 0 aliphatic heterocycles. The summed E-state index contributed by atoms with van der Waals surface area (Å²) < 4.78 is 12.8. The molecule has 0 saturated heterocycles. The van der Waals surface area contributed by atoms with Crippen LogP contribution >= 0.6 is 0 Å². The first-order chi connectivity index (χ1) is 7.71. The van der Waals surface area contributed by atoms with E-state index in [4.69, 9.17) is 5.11 Å². The minimum atomic E-state index is -0.215. The molecule has 2 nitrogen and oxygen atoms in total. The van der Waals surface area contributed by atoms with E-state index in [1.54, 1.807) is 12.1 Å². The van der Waals surface area contributed by atoms with E-state index in [-0.39, 0.29) is 24.5 Å². The zero-order valence-electron chi connectivity index (χ0n) is 9.91. The van der Waals surface area contributed by atoms with E-state index in [1.807, 2.05) is 6.92 Å². The molecule has 0 fully saturated rings. The van der Waals surface area contributed by atoms with E-state index < -0.39 is 0 Å². The van der Waals surface area contributed by atoms with Gasteiger partial charge in [-0.1, -0.05) is 26.0 Å². The Bertz CT molecular complexity index is 295. The Labute approximate surface area is 96.5 Å². The average molecular weight is 225 g/mol. The lowest BCUT2D eigenvalue weighted by molar-refractivity contribution is 0.226. The molecule has 1 rings (SSSR count). The summed E-state index contributed by atoms with van der Waals surface area (Å²) in [5.74, 6) is -0.215. The number of hydrogen-bond donors (Lipinski definition) is 2. The van der Waals surface area contributed by atoms with E-state index in [9.17, 15) is 4.39 Å². The lowest BCUT2D eigenvalue weighted by atomic mass is 10.0. The van der Waals surface area contributed by atoms with Crippen LogP contribution in [0.2, 0.25) is 0 Å². The molecule has 0 amide bonds. The molecule has 1 aromatic rings. The number of aliphatic hydroxyl groups excluding tert-OH is 1. The second-order valence-corrected chi connectivity index (χ2v) is 3.97. The van der Waals surface area contributed by atoms with Crippen LogP contribution in [0.5, 0.6) is 0 Å². The zero-order chi connectivity index (χ0) is 12.0. The van der Waals surface area contributed by atoms with Crippen LogP contribution in [-0.2, 0) is 0 Å². The molecule has 0 aliphatic carbocycles. The summed E-state index contributed by atoms with van der Waals surface area (Å²) in [6, 6.07) is 6.81.